The summed E-state index contributed by atoms with van der Waals surface area (Å²) in [6.07, 6.45) is 0. The molecule has 2 N–H and O–H groups in total. The Morgan fingerprint density at radius 1 is 1.10 bits per heavy atom. The number of hydrogen-bond acceptors (Lipinski definition) is 3. The van der Waals surface area contributed by atoms with E-state index in [-0.39, 0.29) is 12.6 Å². The van der Waals surface area contributed by atoms with E-state index >= 15 is 0 Å². The molecular weight excluding hydrogens is 262 g/mol. The van der Waals surface area contributed by atoms with Crippen LogP contribution in [0.1, 0.15) is 36.6 Å². The Kier molecular flexibility index (Phi) is 5.78. The molecule has 1 atom stereocenters. The zero-order valence-corrected chi connectivity index (χ0v) is 12.7. The normalized spacial score (nSPS) is 12.1. The van der Waals surface area contributed by atoms with Gasteiger partial charge >= 0.3 is 0 Å². The molecule has 2 aromatic rings. The Labute approximate surface area is 126 Å². The Bertz CT molecular complexity index is 569. The molecule has 0 saturated heterocycles. The van der Waals surface area contributed by atoms with Gasteiger partial charge in [0, 0.05) is 18.3 Å². The van der Waals surface area contributed by atoms with E-state index < -0.39 is 0 Å². The minimum atomic E-state index is 0.0738. The summed E-state index contributed by atoms with van der Waals surface area (Å²) in [5.74, 6) is 0. The standard InChI is InChI=1S/C18H23NO2/c1-3-21-13-16-7-5-9-18(11-16)19-14(2)17-8-4-6-15(10-17)12-20/h4-11,14,19-20H,3,12-13H2,1-2H3. The maximum Gasteiger partial charge on any atom is 0.0717 e. The van der Waals surface area contributed by atoms with E-state index in [9.17, 15) is 5.11 Å². The highest BCUT2D eigenvalue weighted by atomic mass is 16.5. The maximum absolute atomic E-state index is 9.22. The number of rotatable bonds is 7. The lowest BCUT2D eigenvalue weighted by atomic mass is 10.0. The van der Waals surface area contributed by atoms with E-state index in [2.05, 4.69) is 36.5 Å². The molecule has 0 spiro atoms. The van der Waals surface area contributed by atoms with Crippen LogP contribution in [0.3, 0.4) is 0 Å². The number of nitrogens with one attached hydrogen (secondary N) is 1. The first kappa shape index (κ1) is 15.5. The summed E-state index contributed by atoms with van der Waals surface area (Å²) in [7, 11) is 0. The highest BCUT2D eigenvalue weighted by molar-refractivity contribution is 5.47. The Morgan fingerprint density at radius 3 is 2.62 bits per heavy atom. The van der Waals surface area contributed by atoms with Crippen molar-refractivity contribution in [3.8, 4) is 0 Å². The monoisotopic (exact) mass is 285 g/mol. The maximum atomic E-state index is 9.22. The van der Waals surface area contributed by atoms with Crippen molar-refractivity contribution in [1.29, 1.82) is 0 Å². The van der Waals surface area contributed by atoms with E-state index in [0.29, 0.717) is 6.61 Å². The van der Waals surface area contributed by atoms with E-state index in [1.807, 2.05) is 31.2 Å². The van der Waals surface area contributed by atoms with Crippen molar-refractivity contribution in [2.24, 2.45) is 0 Å². The molecule has 0 heterocycles. The predicted octanol–water partition coefficient (Wildman–Crippen LogP) is 3.89. The van der Waals surface area contributed by atoms with Crippen LogP contribution in [0.25, 0.3) is 0 Å². The molecule has 0 saturated carbocycles. The molecule has 1 unspecified atom stereocenters. The van der Waals surface area contributed by atoms with Crippen molar-refractivity contribution < 1.29 is 9.84 Å². The molecule has 0 aliphatic rings. The van der Waals surface area contributed by atoms with Gasteiger partial charge in [-0.2, -0.15) is 0 Å². The molecule has 0 fully saturated rings. The largest absolute Gasteiger partial charge is 0.392 e. The van der Waals surface area contributed by atoms with Gasteiger partial charge in [0.2, 0.25) is 0 Å². The third kappa shape index (κ3) is 4.59. The minimum Gasteiger partial charge on any atom is -0.392 e. The lowest BCUT2D eigenvalue weighted by molar-refractivity contribution is 0.134. The summed E-state index contributed by atoms with van der Waals surface area (Å²) >= 11 is 0. The van der Waals surface area contributed by atoms with Crippen LogP contribution in [-0.4, -0.2) is 11.7 Å². The lowest BCUT2D eigenvalue weighted by Gasteiger charge is -2.17. The molecule has 2 rings (SSSR count). The van der Waals surface area contributed by atoms with Gasteiger partial charge in [0.15, 0.2) is 0 Å². The van der Waals surface area contributed by atoms with Crippen molar-refractivity contribution >= 4 is 5.69 Å². The van der Waals surface area contributed by atoms with Crippen LogP contribution in [-0.2, 0) is 18.0 Å². The fourth-order valence-corrected chi connectivity index (χ4v) is 2.26. The van der Waals surface area contributed by atoms with Crippen LogP contribution in [0.15, 0.2) is 48.5 Å². The number of aliphatic hydroxyl groups excluding tert-OH is 1. The average molecular weight is 285 g/mol. The van der Waals surface area contributed by atoms with Gasteiger partial charge < -0.3 is 15.2 Å². The Hall–Kier alpha value is -1.84. The summed E-state index contributed by atoms with van der Waals surface area (Å²) in [5.41, 5.74) is 4.34. The molecule has 2 aromatic carbocycles. The summed E-state index contributed by atoms with van der Waals surface area (Å²) in [6.45, 7) is 5.55. The van der Waals surface area contributed by atoms with Gasteiger partial charge in [-0.1, -0.05) is 36.4 Å². The summed E-state index contributed by atoms with van der Waals surface area (Å²) in [6, 6.07) is 16.5. The van der Waals surface area contributed by atoms with Crippen LogP contribution in [0.4, 0.5) is 5.69 Å². The fraction of sp³-hybridized carbons (Fsp3) is 0.333. The Balaban J connectivity index is 2.06. The van der Waals surface area contributed by atoms with Gasteiger partial charge in [-0.25, -0.2) is 0 Å². The van der Waals surface area contributed by atoms with Crippen LogP contribution in [0, 0.1) is 0 Å². The second-order valence-corrected chi connectivity index (χ2v) is 5.11. The molecule has 0 bridgehead atoms. The van der Waals surface area contributed by atoms with Crippen molar-refractivity contribution in [2.75, 3.05) is 11.9 Å². The van der Waals surface area contributed by atoms with Gasteiger partial charge in [0.05, 0.1) is 13.2 Å². The van der Waals surface area contributed by atoms with Gasteiger partial charge in [0.1, 0.15) is 0 Å². The smallest absolute Gasteiger partial charge is 0.0717 e. The van der Waals surface area contributed by atoms with E-state index in [1.54, 1.807) is 0 Å². The molecule has 0 aliphatic carbocycles. The number of hydrogen-bond donors (Lipinski definition) is 2. The lowest BCUT2D eigenvalue weighted by Crippen LogP contribution is -2.07. The molecule has 112 valence electrons. The molecule has 0 aliphatic heterocycles. The third-order valence-corrected chi connectivity index (χ3v) is 3.42. The number of aliphatic hydroxyl groups is 1. The van der Waals surface area contributed by atoms with Gasteiger partial charge in [-0.3, -0.25) is 0 Å². The minimum absolute atomic E-state index is 0.0738. The van der Waals surface area contributed by atoms with Gasteiger partial charge in [0.25, 0.3) is 0 Å². The van der Waals surface area contributed by atoms with Crippen molar-refractivity contribution in [3.63, 3.8) is 0 Å². The molecule has 3 heteroatoms. The summed E-state index contributed by atoms with van der Waals surface area (Å²) < 4.78 is 5.44. The first-order chi connectivity index (χ1) is 10.2. The number of anilines is 1. The molecule has 0 aromatic heterocycles. The SMILES string of the molecule is CCOCc1cccc(NC(C)c2cccc(CO)c2)c1. The van der Waals surface area contributed by atoms with E-state index in [4.69, 9.17) is 4.74 Å². The first-order valence-corrected chi connectivity index (χ1v) is 7.36. The fourth-order valence-electron chi connectivity index (χ4n) is 2.26. The highest BCUT2D eigenvalue weighted by Crippen LogP contribution is 2.21. The predicted molar refractivity (Wildman–Crippen MR) is 86.2 cm³/mol. The van der Waals surface area contributed by atoms with Gasteiger partial charge in [-0.05, 0) is 42.7 Å². The number of benzene rings is 2. The zero-order chi connectivity index (χ0) is 15.1. The molecule has 3 nitrogen and oxygen atoms in total. The quantitative estimate of drug-likeness (QED) is 0.811. The topological polar surface area (TPSA) is 41.5 Å². The second kappa shape index (κ2) is 7.81. The van der Waals surface area contributed by atoms with Crippen molar-refractivity contribution in [2.45, 2.75) is 33.1 Å². The van der Waals surface area contributed by atoms with Gasteiger partial charge in [-0.15, -0.1) is 0 Å². The third-order valence-electron chi connectivity index (χ3n) is 3.42. The molecule has 21 heavy (non-hydrogen) atoms. The zero-order valence-electron chi connectivity index (χ0n) is 12.7. The molecule has 0 radical (unpaired) electrons. The highest BCUT2D eigenvalue weighted by Gasteiger charge is 2.06. The molecule has 0 amide bonds. The van der Waals surface area contributed by atoms with E-state index in [1.165, 1.54) is 0 Å². The second-order valence-electron chi connectivity index (χ2n) is 5.11. The van der Waals surface area contributed by atoms with Crippen LogP contribution in [0.5, 0.6) is 0 Å². The summed E-state index contributed by atoms with van der Waals surface area (Å²) in [4.78, 5) is 0. The van der Waals surface area contributed by atoms with Crippen molar-refractivity contribution in [3.05, 3.63) is 65.2 Å². The van der Waals surface area contributed by atoms with Crippen LogP contribution < -0.4 is 5.32 Å². The van der Waals surface area contributed by atoms with E-state index in [0.717, 1.165) is 29.0 Å². The first-order valence-electron chi connectivity index (χ1n) is 7.36. The summed E-state index contributed by atoms with van der Waals surface area (Å²) in [5, 5.41) is 12.7. The van der Waals surface area contributed by atoms with Crippen LogP contribution >= 0.6 is 0 Å². The Morgan fingerprint density at radius 2 is 1.86 bits per heavy atom. The van der Waals surface area contributed by atoms with Crippen molar-refractivity contribution in [1.82, 2.24) is 0 Å². The molecular formula is C18H23NO2. The average Bonchev–Trinajstić information content (AvgIpc) is 2.53. The number of ether oxygens (including phenoxy) is 1. The van der Waals surface area contributed by atoms with Crippen LogP contribution in [0.2, 0.25) is 0 Å².